The van der Waals surface area contributed by atoms with Crippen LogP contribution in [-0.4, -0.2) is 31.4 Å². The molecule has 0 bridgehead atoms. The second-order valence-electron chi connectivity index (χ2n) is 5.62. The number of methoxy groups -OCH3 is 1. The van der Waals surface area contributed by atoms with Gasteiger partial charge in [0.1, 0.15) is 0 Å². The summed E-state index contributed by atoms with van der Waals surface area (Å²) in [5.74, 6) is 0.103. The zero-order chi connectivity index (χ0) is 19.8. The van der Waals surface area contributed by atoms with Crippen LogP contribution in [0.1, 0.15) is 12.5 Å². The summed E-state index contributed by atoms with van der Waals surface area (Å²) in [5, 5.41) is 3.21. The van der Waals surface area contributed by atoms with Crippen molar-refractivity contribution < 1.29 is 23.0 Å². The fraction of sp³-hybridized carbons (Fsp3) is 0.316. The molecule has 1 N–H and O–H groups in total. The van der Waals surface area contributed by atoms with Crippen molar-refractivity contribution in [1.82, 2.24) is 5.32 Å². The molecular weight excluding hydrogens is 396 g/mol. The van der Waals surface area contributed by atoms with E-state index in [1.165, 1.54) is 24.9 Å². The molecule has 0 spiro atoms. The number of hydrogen-bond donors (Lipinski definition) is 1. The van der Waals surface area contributed by atoms with E-state index in [-0.39, 0.29) is 22.7 Å². The SMILES string of the molecule is COc1ccc(CCNC(=O)C(C)Sc2ccc(Cl)cc2)cc1OC(F)F. The number of carbonyl (C=O) groups is 1. The van der Waals surface area contributed by atoms with Gasteiger partial charge in [0.15, 0.2) is 11.5 Å². The largest absolute Gasteiger partial charge is 0.493 e. The van der Waals surface area contributed by atoms with Crippen molar-refractivity contribution >= 4 is 29.3 Å². The maximum atomic E-state index is 12.5. The monoisotopic (exact) mass is 415 g/mol. The normalized spacial score (nSPS) is 11.9. The van der Waals surface area contributed by atoms with Gasteiger partial charge in [0.25, 0.3) is 0 Å². The molecule has 0 aliphatic rings. The zero-order valence-electron chi connectivity index (χ0n) is 14.9. The van der Waals surface area contributed by atoms with Crippen molar-refractivity contribution in [2.24, 2.45) is 0 Å². The van der Waals surface area contributed by atoms with E-state index in [4.69, 9.17) is 16.3 Å². The van der Waals surface area contributed by atoms with Crippen LogP contribution in [0, 0.1) is 0 Å². The lowest BCUT2D eigenvalue weighted by atomic mass is 10.1. The maximum absolute atomic E-state index is 12.5. The first-order valence-corrected chi connectivity index (χ1v) is 9.46. The molecule has 146 valence electrons. The minimum absolute atomic E-state index is 0.0250. The van der Waals surface area contributed by atoms with E-state index >= 15 is 0 Å². The quantitative estimate of drug-likeness (QED) is 0.598. The van der Waals surface area contributed by atoms with Crippen LogP contribution in [0.5, 0.6) is 11.5 Å². The molecule has 0 saturated carbocycles. The number of ether oxygens (including phenoxy) is 2. The van der Waals surface area contributed by atoms with Crippen molar-refractivity contribution in [3.05, 3.63) is 53.1 Å². The van der Waals surface area contributed by atoms with Gasteiger partial charge in [-0.1, -0.05) is 17.7 Å². The first-order chi connectivity index (χ1) is 12.9. The van der Waals surface area contributed by atoms with Crippen LogP contribution in [0.3, 0.4) is 0 Å². The van der Waals surface area contributed by atoms with Crippen molar-refractivity contribution in [2.75, 3.05) is 13.7 Å². The Labute approximate surface area is 166 Å². The third-order valence-corrected chi connectivity index (χ3v) is 5.02. The summed E-state index contributed by atoms with van der Waals surface area (Å²) in [6, 6.07) is 12.1. The van der Waals surface area contributed by atoms with E-state index in [0.29, 0.717) is 18.0 Å². The number of rotatable bonds is 9. The molecule has 1 amide bonds. The van der Waals surface area contributed by atoms with Crippen LogP contribution < -0.4 is 14.8 Å². The van der Waals surface area contributed by atoms with E-state index in [9.17, 15) is 13.6 Å². The second-order valence-corrected chi connectivity index (χ2v) is 7.47. The van der Waals surface area contributed by atoms with Crippen LogP contribution in [0.4, 0.5) is 8.78 Å². The van der Waals surface area contributed by atoms with Crippen molar-refractivity contribution in [3.8, 4) is 11.5 Å². The third kappa shape index (κ3) is 6.92. The van der Waals surface area contributed by atoms with Gasteiger partial charge < -0.3 is 14.8 Å². The van der Waals surface area contributed by atoms with E-state index < -0.39 is 6.61 Å². The van der Waals surface area contributed by atoms with Gasteiger partial charge in [0, 0.05) is 16.5 Å². The Balaban J connectivity index is 1.85. The topological polar surface area (TPSA) is 47.6 Å². The molecule has 2 aromatic rings. The van der Waals surface area contributed by atoms with E-state index in [1.54, 1.807) is 24.3 Å². The van der Waals surface area contributed by atoms with Gasteiger partial charge in [-0.15, -0.1) is 11.8 Å². The highest BCUT2D eigenvalue weighted by Crippen LogP contribution is 2.29. The predicted octanol–water partition coefficient (Wildman–Crippen LogP) is 4.79. The highest BCUT2D eigenvalue weighted by atomic mass is 35.5. The third-order valence-electron chi connectivity index (χ3n) is 3.65. The summed E-state index contributed by atoms with van der Waals surface area (Å²) in [7, 11) is 1.38. The summed E-state index contributed by atoms with van der Waals surface area (Å²) in [6.45, 7) is -0.735. The molecule has 0 saturated heterocycles. The number of hydrogen-bond acceptors (Lipinski definition) is 4. The highest BCUT2D eigenvalue weighted by Gasteiger charge is 2.15. The van der Waals surface area contributed by atoms with Gasteiger partial charge in [0.05, 0.1) is 12.4 Å². The van der Waals surface area contributed by atoms with E-state index in [2.05, 4.69) is 10.1 Å². The standard InChI is InChI=1S/C19H20ClF2NO3S/c1-12(27-15-6-4-14(20)5-7-15)18(24)23-10-9-13-3-8-16(25-2)17(11-13)26-19(21)22/h3-8,11-12,19H,9-10H2,1-2H3,(H,23,24). The molecule has 2 aromatic carbocycles. The lowest BCUT2D eigenvalue weighted by Gasteiger charge is -2.13. The Morgan fingerprint density at radius 2 is 1.89 bits per heavy atom. The molecule has 1 atom stereocenters. The van der Waals surface area contributed by atoms with Crippen LogP contribution >= 0.6 is 23.4 Å². The van der Waals surface area contributed by atoms with Crippen LogP contribution in [-0.2, 0) is 11.2 Å². The predicted molar refractivity (Wildman–Crippen MR) is 103 cm³/mol. The van der Waals surface area contributed by atoms with Crippen molar-refractivity contribution in [1.29, 1.82) is 0 Å². The zero-order valence-corrected chi connectivity index (χ0v) is 16.4. The number of benzene rings is 2. The molecule has 0 aliphatic heterocycles. The molecule has 0 aliphatic carbocycles. The molecule has 27 heavy (non-hydrogen) atoms. The molecule has 0 aromatic heterocycles. The number of thioether (sulfide) groups is 1. The first kappa shape index (κ1) is 21.3. The van der Waals surface area contributed by atoms with E-state index in [1.807, 2.05) is 19.1 Å². The van der Waals surface area contributed by atoms with Crippen molar-refractivity contribution in [2.45, 2.75) is 30.1 Å². The summed E-state index contributed by atoms with van der Waals surface area (Å²) in [6.07, 6.45) is 0.480. The Bertz CT molecular complexity index is 759. The minimum Gasteiger partial charge on any atom is -0.493 e. The Kier molecular flexibility index (Phi) is 8.19. The highest BCUT2D eigenvalue weighted by molar-refractivity contribution is 8.00. The number of amides is 1. The number of carbonyl (C=O) groups excluding carboxylic acids is 1. The molecule has 8 heteroatoms. The van der Waals surface area contributed by atoms with E-state index in [0.717, 1.165) is 10.5 Å². The minimum atomic E-state index is -2.93. The van der Waals surface area contributed by atoms with Crippen LogP contribution in [0.25, 0.3) is 0 Å². The lowest BCUT2D eigenvalue weighted by Crippen LogP contribution is -2.32. The molecule has 2 rings (SSSR count). The average molecular weight is 416 g/mol. The Morgan fingerprint density at radius 1 is 1.19 bits per heavy atom. The van der Waals surface area contributed by atoms with Crippen LogP contribution in [0.15, 0.2) is 47.4 Å². The fourth-order valence-corrected chi connectivity index (χ4v) is 3.33. The Morgan fingerprint density at radius 3 is 2.52 bits per heavy atom. The molecule has 0 radical (unpaired) electrons. The van der Waals surface area contributed by atoms with Gasteiger partial charge in [-0.3, -0.25) is 4.79 Å². The summed E-state index contributed by atoms with van der Waals surface area (Å²) in [4.78, 5) is 13.2. The second kappa shape index (κ2) is 10.4. The number of halogens is 3. The fourth-order valence-electron chi connectivity index (χ4n) is 2.31. The summed E-state index contributed by atoms with van der Waals surface area (Å²) >= 11 is 7.28. The van der Waals surface area contributed by atoms with Gasteiger partial charge in [-0.05, 0) is 55.3 Å². The van der Waals surface area contributed by atoms with Gasteiger partial charge in [-0.2, -0.15) is 8.78 Å². The smallest absolute Gasteiger partial charge is 0.387 e. The number of alkyl halides is 2. The molecule has 0 heterocycles. The summed E-state index contributed by atoms with van der Waals surface area (Å²) < 4.78 is 34.4. The maximum Gasteiger partial charge on any atom is 0.387 e. The summed E-state index contributed by atoms with van der Waals surface area (Å²) in [5.41, 5.74) is 0.754. The first-order valence-electron chi connectivity index (χ1n) is 8.20. The molecule has 1 unspecified atom stereocenters. The average Bonchev–Trinajstić information content (AvgIpc) is 2.63. The molecular formula is C19H20ClF2NO3S. The Hall–Kier alpha value is -1.99. The van der Waals surface area contributed by atoms with Gasteiger partial charge >= 0.3 is 6.61 Å². The molecule has 0 fully saturated rings. The van der Waals surface area contributed by atoms with Gasteiger partial charge in [0.2, 0.25) is 5.91 Å². The molecule has 4 nitrogen and oxygen atoms in total. The van der Waals surface area contributed by atoms with Gasteiger partial charge in [-0.25, -0.2) is 0 Å². The van der Waals surface area contributed by atoms with Crippen molar-refractivity contribution in [3.63, 3.8) is 0 Å². The lowest BCUT2D eigenvalue weighted by molar-refractivity contribution is -0.120. The number of nitrogens with one attached hydrogen (secondary N) is 1. The van der Waals surface area contributed by atoms with Crippen LogP contribution in [0.2, 0.25) is 5.02 Å².